The van der Waals surface area contributed by atoms with Crippen molar-refractivity contribution in [2.45, 2.75) is 39.0 Å². The van der Waals surface area contributed by atoms with Gasteiger partial charge in [0, 0.05) is 36.6 Å². The lowest BCUT2D eigenvalue weighted by atomic mass is 9.83. The van der Waals surface area contributed by atoms with E-state index >= 15 is 0 Å². The van der Waals surface area contributed by atoms with Crippen molar-refractivity contribution in [1.82, 2.24) is 9.97 Å². The highest BCUT2D eigenvalue weighted by atomic mass is 16.2. The molecule has 0 spiro atoms. The minimum atomic E-state index is -0.858. The molecule has 2 fully saturated rings. The molecule has 2 aromatic heterocycles. The Morgan fingerprint density at radius 3 is 2.90 bits per heavy atom. The smallest absolute Gasteiger partial charge is 0.247 e. The maximum Gasteiger partial charge on any atom is 0.247 e. The molecule has 7 nitrogen and oxygen atoms in total. The quantitative estimate of drug-likeness (QED) is 0.779. The third kappa shape index (κ3) is 3.83. The number of pyridine rings is 2. The summed E-state index contributed by atoms with van der Waals surface area (Å²) in [5, 5.41) is 12.8. The van der Waals surface area contributed by atoms with Crippen molar-refractivity contribution in [1.29, 1.82) is 5.26 Å². The van der Waals surface area contributed by atoms with Crippen molar-refractivity contribution in [3.63, 3.8) is 0 Å². The first-order valence-corrected chi connectivity index (χ1v) is 9.93. The molecule has 4 rings (SSSR count). The van der Waals surface area contributed by atoms with E-state index in [1.807, 2.05) is 24.3 Å². The molecule has 3 heterocycles. The Labute approximate surface area is 169 Å². The van der Waals surface area contributed by atoms with Gasteiger partial charge in [0.1, 0.15) is 22.8 Å². The fourth-order valence-corrected chi connectivity index (χ4v) is 3.91. The molecule has 0 unspecified atom stereocenters. The van der Waals surface area contributed by atoms with E-state index in [1.54, 1.807) is 24.1 Å². The molecule has 2 aliphatic rings. The minimum Gasteiger partial charge on any atom is -0.325 e. The van der Waals surface area contributed by atoms with Gasteiger partial charge in [-0.05, 0) is 56.7 Å². The van der Waals surface area contributed by atoms with Crippen LogP contribution in [-0.2, 0) is 16.0 Å². The topological polar surface area (TPSA) is 99.0 Å². The number of amides is 1. The number of aromatic nitrogens is 2. The fraction of sp³-hybridized carbons (Fsp3) is 0.409. The number of aryl methyl sites for hydroxylation is 1. The monoisotopic (exact) mass is 389 g/mol. The summed E-state index contributed by atoms with van der Waals surface area (Å²) in [6.45, 7) is 2.12. The molecule has 0 bridgehead atoms. The zero-order chi connectivity index (χ0) is 20.4. The zero-order valence-corrected chi connectivity index (χ0v) is 16.4. The van der Waals surface area contributed by atoms with Crippen LogP contribution in [0, 0.1) is 22.7 Å². The van der Waals surface area contributed by atoms with Gasteiger partial charge >= 0.3 is 0 Å². The Kier molecular flexibility index (Phi) is 5.01. The van der Waals surface area contributed by atoms with Gasteiger partial charge in [-0.1, -0.05) is 6.07 Å². The molecule has 0 radical (unpaired) electrons. The summed E-state index contributed by atoms with van der Waals surface area (Å²) in [6.07, 6.45) is 5.21. The van der Waals surface area contributed by atoms with Crippen LogP contribution in [0.25, 0.3) is 0 Å². The Morgan fingerprint density at radius 2 is 2.17 bits per heavy atom. The van der Waals surface area contributed by atoms with Crippen molar-refractivity contribution < 1.29 is 9.59 Å². The van der Waals surface area contributed by atoms with Crippen LogP contribution in [0.4, 0.5) is 17.3 Å². The number of nitrogens with zero attached hydrogens (tertiary/aromatic N) is 4. The van der Waals surface area contributed by atoms with E-state index in [-0.39, 0.29) is 17.6 Å². The molecule has 7 heteroatoms. The van der Waals surface area contributed by atoms with Gasteiger partial charge in [-0.15, -0.1) is 0 Å². The summed E-state index contributed by atoms with van der Waals surface area (Å²) in [5.41, 5.74) is 0.709. The average Bonchev–Trinajstić information content (AvgIpc) is 3.51. The second-order valence-electron chi connectivity index (χ2n) is 7.80. The molecular formula is C22H23N5O2. The number of hydrogen-bond acceptors (Lipinski definition) is 6. The van der Waals surface area contributed by atoms with Crippen LogP contribution in [0.15, 0.2) is 36.5 Å². The SMILES string of the molecule is CC(=O)CCc1cccc(Nc2cc(N3CC[C@@](C#N)(C4CC4)C3=O)ccn2)n1. The molecule has 2 aromatic rings. The van der Waals surface area contributed by atoms with Crippen molar-refractivity contribution >= 4 is 29.0 Å². The predicted octanol–water partition coefficient (Wildman–Crippen LogP) is 3.40. The molecular weight excluding hydrogens is 366 g/mol. The summed E-state index contributed by atoms with van der Waals surface area (Å²) in [5.74, 6) is 1.45. The second kappa shape index (κ2) is 7.63. The van der Waals surface area contributed by atoms with Gasteiger partial charge in [0.05, 0.1) is 6.07 Å². The number of nitrogens with one attached hydrogen (secondary N) is 1. The molecule has 1 aliphatic carbocycles. The van der Waals surface area contributed by atoms with E-state index < -0.39 is 5.41 Å². The Balaban J connectivity index is 1.50. The predicted molar refractivity (Wildman–Crippen MR) is 108 cm³/mol. The van der Waals surface area contributed by atoms with Crippen LogP contribution < -0.4 is 10.2 Å². The molecule has 0 aromatic carbocycles. The number of ketones is 1. The van der Waals surface area contributed by atoms with Gasteiger partial charge in [-0.3, -0.25) is 4.79 Å². The van der Waals surface area contributed by atoms with E-state index in [1.165, 1.54) is 0 Å². The number of nitriles is 1. The molecule has 1 atom stereocenters. The molecule has 1 amide bonds. The summed E-state index contributed by atoms with van der Waals surface area (Å²) in [4.78, 5) is 34.7. The van der Waals surface area contributed by atoms with Crippen LogP contribution in [0.3, 0.4) is 0 Å². The summed E-state index contributed by atoms with van der Waals surface area (Å²) in [7, 11) is 0. The average molecular weight is 389 g/mol. The summed E-state index contributed by atoms with van der Waals surface area (Å²) in [6, 6.07) is 11.5. The van der Waals surface area contributed by atoms with Crippen molar-refractivity contribution in [2.75, 3.05) is 16.8 Å². The lowest BCUT2D eigenvalue weighted by Crippen LogP contribution is -2.35. The molecule has 148 valence electrons. The van der Waals surface area contributed by atoms with Crippen molar-refractivity contribution in [3.8, 4) is 6.07 Å². The molecule has 1 saturated carbocycles. The Hall–Kier alpha value is -3.27. The van der Waals surface area contributed by atoms with E-state index in [4.69, 9.17) is 0 Å². The van der Waals surface area contributed by atoms with E-state index in [0.29, 0.717) is 37.4 Å². The minimum absolute atomic E-state index is 0.0935. The second-order valence-corrected chi connectivity index (χ2v) is 7.80. The standard InChI is InChI=1S/C22H23N5O2/c1-15(28)5-8-17-3-2-4-19(25-17)26-20-13-18(9-11-24-20)27-12-10-22(14-23,21(27)29)16-6-7-16/h2-4,9,11,13,16H,5-8,10,12H2,1H3,(H,24,25,26)/t22-/m1/s1. The van der Waals surface area contributed by atoms with Gasteiger partial charge < -0.3 is 15.0 Å². The van der Waals surface area contributed by atoms with Gasteiger partial charge in [-0.25, -0.2) is 9.97 Å². The van der Waals surface area contributed by atoms with Gasteiger partial charge in [-0.2, -0.15) is 5.26 Å². The number of rotatable bonds is 7. The highest BCUT2D eigenvalue weighted by Crippen LogP contribution is 2.51. The molecule has 1 saturated heterocycles. The van der Waals surface area contributed by atoms with E-state index in [9.17, 15) is 14.9 Å². The Bertz CT molecular complexity index is 995. The zero-order valence-electron chi connectivity index (χ0n) is 16.4. The first-order valence-electron chi connectivity index (χ1n) is 9.93. The van der Waals surface area contributed by atoms with Crippen molar-refractivity contribution in [3.05, 3.63) is 42.2 Å². The molecule has 1 aliphatic heterocycles. The highest BCUT2D eigenvalue weighted by Gasteiger charge is 2.56. The maximum absolute atomic E-state index is 13.0. The van der Waals surface area contributed by atoms with E-state index in [2.05, 4.69) is 21.4 Å². The fourth-order valence-electron chi connectivity index (χ4n) is 3.91. The van der Waals surface area contributed by atoms with Crippen LogP contribution in [-0.4, -0.2) is 28.2 Å². The number of hydrogen-bond donors (Lipinski definition) is 1. The van der Waals surface area contributed by atoms with Crippen LogP contribution >= 0.6 is 0 Å². The number of carbonyl (C=O) groups is 2. The normalized spacial score (nSPS) is 21.1. The van der Waals surface area contributed by atoms with Gasteiger partial charge in [0.15, 0.2) is 0 Å². The van der Waals surface area contributed by atoms with E-state index in [0.717, 1.165) is 24.2 Å². The lowest BCUT2D eigenvalue weighted by Gasteiger charge is -2.21. The number of anilines is 3. The largest absolute Gasteiger partial charge is 0.325 e. The van der Waals surface area contributed by atoms with Crippen LogP contribution in [0.2, 0.25) is 0 Å². The molecule has 1 N–H and O–H groups in total. The molecule has 29 heavy (non-hydrogen) atoms. The van der Waals surface area contributed by atoms with Crippen LogP contribution in [0.1, 0.15) is 38.3 Å². The van der Waals surface area contributed by atoms with Crippen molar-refractivity contribution in [2.24, 2.45) is 11.3 Å². The summed E-state index contributed by atoms with van der Waals surface area (Å²) >= 11 is 0. The Morgan fingerprint density at radius 1 is 1.34 bits per heavy atom. The van der Waals surface area contributed by atoms with Crippen LogP contribution in [0.5, 0.6) is 0 Å². The first-order chi connectivity index (χ1) is 14.0. The first kappa shape index (κ1) is 19.1. The van der Waals surface area contributed by atoms with Gasteiger partial charge in [0.2, 0.25) is 5.91 Å². The number of carbonyl (C=O) groups excluding carboxylic acids is 2. The summed E-state index contributed by atoms with van der Waals surface area (Å²) < 4.78 is 0. The number of Topliss-reactive ketones (excluding diaryl/α,β-unsaturated/α-hetero) is 1. The highest BCUT2D eigenvalue weighted by molar-refractivity contribution is 6.02. The maximum atomic E-state index is 13.0. The van der Waals surface area contributed by atoms with Gasteiger partial charge in [0.25, 0.3) is 0 Å². The lowest BCUT2D eigenvalue weighted by molar-refractivity contribution is -0.123. The third-order valence-electron chi connectivity index (χ3n) is 5.68. The third-order valence-corrected chi connectivity index (χ3v) is 5.68.